The molecule has 0 amide bonds. The number of halogens is 6. The third-order valence-electron chi connectivity index (χ3n) is 14.4. The average molecular weight is 1710 g/mol. The average Bonchev–Trinajstić information content (AvgIpc) is 0.781. The topological polar surface area (TPSA) is 334 Å². The van der Waals surface area contributed by atoms with Crippen LogP contribution in [0.3, 0.4) is 0 Å². The Morgan fingerprint density at radius 2 is 0.411 bits per heavy atom. The number of ketones is 2. The smallest absolute Gasteiger partial charge is 1.00 e. The van der Waals surface area contributed by atoms with Gasteiger partial charge in [0.1, 0.15) is 49.4 Å². The van der Waals surface area contributed by atoms with E-state index in [-0.39, 0.29) is 449 Å². The molecule has 4 rings (SSSR count). The van der Waals surface area contributed by atoms with Gasteiger partial charge in [-0.15, -0.1) is 0 Å². The maximum atomic E-state index is 12.7. The molecule has 0 unspecified atom stereocenters. The number of rotatable bonds is 70. The number of ether oxygens (including phenoxy) is 20. The molecule has 112 heavy (non-hydrogen) atoms. The Bertz CT molecular complexity index is 2630. The first kappa shape index (κ1) is 119. The second-order valence-electron chi connectivity index (χ2n) is 23.1. The number of Topliss-reactive ketones (excluding diaryl/α,β-unsaturated/α-hetero) is 2. The van der Waals surface area contributed by atoms with E-state index in [1.165, 1.54) is 62.4 Å². The minimum absolute atomic E-state index is 0. The molecule has 40 heteroatoms. The van der Waals surface area contributed by atoms with E-state index in [0.717, 1.165) is 0 Å². The molecule has 0 saturated heterocycles. The molecule has 0 aliphatic rings. The second kappa shape index (κ2) is 79.7. The van der Waals surface area contributed by atoms with Gasteiger partial charge in [-0.25, -0.2) is 0 Å². The van der Waals surface area contributed by atoms with Gasteiger partial charge in [0.15, 0.2) is 11.6 Å². The van der Waals surface area contributed by atoms with E-state index in [0.29, 0.717) is 87.0 Å². The van der Waals surface area contributed by atoms with Crippen LogP contribution in [0.4, 0.5) is 17.3 Å². The van der Waals surface area contributed by atoms with Crippen LogP contribution in [0.25, 0.3) is 0 Å². The van der Waals surface area contributed by atoms with E-state index in [9.17, 15) is 36.4 Å². The van der Waals surface area contributed by atoms with Crippen LogP contribution < -0.4 is 234 Å². The van der Waals surface area contributed by atoms with Gasteiger partial charge in [0.05, 0.1) is 249 Å². The molecule has 0 radical (unpaired) electrons. The van der Waals surface area contributed by atoms with Crippen LogP contribution in [-0.4, -0.2) is 322 Å². The van der Waals surface area contributed by atoms with Crippen LogP contribution in [0, 0.1) is 10.8 Å². The zero-order valence-electron chi connectivity index (χ0n) is 65.5. The van der Waals surface area contributed by atoms with Crippen molar-refractivity contribution in [1.82, 2.24) is 0 Å². The molecule has 0 bridgehead atoms. The van der Waals surface area contributed by atoms with Gasteiger partial charge in [-0.3, -0.25) is 36.4 Å². The molecule has 4 N–H and O–H groups in total. The molecule has 0 aliphatic heterocycles. The fourth-order valence-electron chi connectivity index (χ4n) is 8.96. The Balaban J connectivity index is -0.00000127. The number of benzene rings is 4. The minimum Gasteiger partial charge on any atom is -1.00 e. The third kappa shape index (κ3) is 59.8. The monoisotopic (exact) mass is 1710 g/mol. The molecule has 0 atom stereocenters. The van der Waals surface area contributed by atoms with Crippen LogP contribution in [-0.2, 0) is 75.8 Å². The summed E-state index contributed by atoms with van der Waals surface area (Å²) >= 11 is 0. The summed E-state index contributed by atoms with van der Waals surface area (Å²) in [6.45, 7) is 11.7. The van der Waals surface area contributed by atoms with Crippen LogP contribution in [0.1, 0.15) is 55.3 Å². The van der Waals surface area contributed by atoms with Gasteiger partial charge in [0.25, 0.3) is 0 Å². The van der Waals surface area contributed by atoms with Crippen molar-refractivity contribution in [2.24, 2.45) is 10.8 Å². The van der Waals surface area contributed by atoms with Crippen molar-refractivity contribution in [2.45, 2.75) is 13.8 Å². The van der Waals surface area contributed by atoms with Gasteiger partial charge >= 0.3 is 220 Å². The largest absolute Gasteiger partial charge is 1.00 e. The van der Waals surface area contributed by atoms with Gasteiger partial charge in [-0.1, -0.05) is 0 Å². The Labute approximate surface area is 823 Å². The summed E-state index contributed by atoms with van der Waals surface area (Å²) in [7, 11) is -6.19. The normalized spacial score (nSPS) is 10.9. The molecule has 0 saturated carbocycles. The van der Waals surface area contributed by atoms with Gasteiger partial charge in [-0.05, 0) is 111 Å². The van der Waals surface area contributed by atoms with Crippen molar-refractivity contribution in [3.05, 3.63) is 119 Å². The molecule has 4 aromatic rings. The number of aliphatic hydroxyl groups is 4. The van der Waals surface area contributed by atoms with E-state index in [4.69, 9.17) is 115 Å². The third-order valence-corrected chi connectivity index (χ3v) is 14.4. The number of hydrogen-bond acceptors (Lipinski definition) is 28. The van der Waals surface area contributed by atoms with Crippen molar-refractivity contribution in [3.63, 3.8) is 0 Å². The van der Waals surface area contributed by atoms with Crippen LogP contribution in [0.2, 0.25) is 0 Å². The van der Waals surface area contributed by atoms with Crippen LogP contribution in [0.15, 0.2) is 97.1 Å². The molecule has 612 valence electrons. The van der Waals surface area contributed by atoms with Gasteiger partial charge in [0.2, 0.25) is 11.4 Å². The fourth-order valence-corrected chi connectivity index (χ4v) is 8.96. The van der Waals surface area contributed by atoms with E-state index >= 15 is 0 Å². The maximum absolute atomic E-state index is 12.7. The minimum atomic E-state index is -3.09. The molecular weight excluding hydrogens is 1600 g/mol. The molecule has 0 fully saturated rings. The van der Waals surface area contributed by atoms with Crippen LogP contribution >= 0.6 is 0 Å². The molecule has 0 heterocycles. The number of carbonyl (C=O) groups excluding carboxylic acids is 4. The van der Waals surface area contributed by atoms with Crippen molar-refractivity contribution in [2.75, 3.05) is 264 Å². The predicted molar refractivity (Wildman–Crippen MR) is 379 cm³/mol. The van der Waals surface area contributed by atoms with E-state index in [1.807, 2.05) is 0 Å². The zero-order valence-corrected chi connectivity index (χ0v) is 78.0. The van der Waals surface area contributed by atoms with Crippen molar-refractivity contribution >= 4 is 37.5 Å². The van der Waals surface area contributed by atoms with Crippen molar-refractivity contribution in [3.8, 4) is 23.0 Å². The quantitative estimate of drug-likeness (QED) is 0.0138. The Morgan fingerprint density at radius 1 is 0.259 bits per heavy atom. The van der Waals surface area contributed by atoms with Gasteiger partial charge < -0.3 is 125 Å². The van der Waals surface area contributed by atoms with Crippen molar-refractivity contribution < 1.29 is 367 Å². The van der Waals surface area contributed by atoms with E-state index in [2.05, 4.69) is 0 Å². The first-order valence-electron chi connectivity index (χ1n) is 34.9. The van der Waals surface area contributed by atoms with Gasteiger partial charge in [-0.2, -0.15) is 0 Å². The predicted octanol–water partition coefficient (Wildman–Crippen LogP) is -12.8. The SMILES string of the molecule is CC(=O)c1ccc(OCCOCCOCC(COCCOCCOc2ccc(C(C)=O)cc2)(COCCOCCOc2ccc(C(=O)B(F)F)cc2)COCCOCCOc2ccc(C(=O)B(F)F)cc2)cc1.OCCOCCOCC(COCCOCCO)(COCCOCCO)COCCOCCO.[F-].[F-].[K+].[K+].[K+].[K+]. The molecule has 0 spiro atoms. The standard InChI is InChI=1S/C51H62B2F4O16.C21H44O12.2FH.4K/c1-39(58)41-3-11-45(12-4-41)70-31-27-62-19-23-66-35-51(36-67-24-20-63-28-32-71-46-13-5-42(6-14-46)40(2)59,37-68-25-21-64-29-33-72-47-15-7-43(8-16-47)49(60)52(54)55)38-69-26-22-65-30-34-73-48-17-9-44(10-18-48)50(61)53(56)57;22-1-5-26-9-13-30-17-21(18-31-14-10-27-6-2-23,19-32-15-11-28-7-3-24)20-33-16-12-29-8-4-25;;;;;;/h3-18H,19-38H2,1-2H3;22-25H,1-20H2;2*1H;;;;/q;;;;4*+1/p-2. The Morgan fingerprint density at radius 3 is 0.571 bits per heavy atom. The zero-order chi connectivity index (χ0) is 76.8. The summed E-state index contributed by atoms with van der Waals surface area (Å²) in [5, 5.41) is 35.2. The van der Waals surface area contributed by atoms with Gasteiger partial charge in [0, 0.05) is 22.3 Å². The number of hydrogen-bond donors (Lipinski definition) is 4. The first-order chi connectivity index (χ1) is 51.6. The summed E-state index contributed by atoms with van der Waals surface area (Å²) in [6, 6.07) is 24.5. The summed E-state index contributed by atoms with van der Waals surface area (Å²) in [5.74, 6) is 1.92. The summed E-state index contributed by atoms with van der Waals surface area (Å²) in [4.78, 5) is 46.2. The molecule has 0 aromatic heterocycles. The Kier molecular flexibility index (Phi) is 84.3. The van der Waals surface area contributed by atoms with Crippen molar-refractivity contribution in [1.29, 1.82) is 0 Å². The fraction of sp³-hybridized carbons (Fsp3) is 0.611. The molecular formula is C72H106B2F6K4O28+2. The summed E-state index contributed by atoms with van der Waals surface area (Å²) in [5.41, 5.74) is -3.04. The first-order valence-corrected chi connectivity index (χ1v) is 34.9. The molecule has 4 aromatic carbocycles. The summed E-state index contributed by atoms with van der Waals surface area (Å²) < 4.78 is 165. The number of aliphatic hydroxyl groups excluding tert-OH is 4. The number of carbonyl (C=O) groups is 4. The Hall–Kier alpha value is 0.215. The second-order valence-corrected chi connectivity index (χ2v) is 23.1. The molecule has 28 nitrogen and oxygen atoms in total. The van der Waals surface area contributed by atoms with E-state index < -0.39 is 36.7 Å². The van der Waals surface area contributed by atoms with E-state index in [1.54, 1.807) is 48.5 Å². The maximum Gasteiger partial charge on any atom is 1.00 e. The molecule has 0 aliphatic carbocycles. The summed E-state index contributed by atoms with van der Waals surface area (Å²) in [6.07, 6.45) is 0. The van der Waals surface area contributed by atoms with Crippen LogP contribution in [0.5, 0.6) is 23.0 Å².